The van der Waals surface area contributed by atoms with Crippen LogP contribution >= 0.6 is 0 Å². The third-order valence-electron chi connectivity index (χ3n) is 6.86. The van der Waals surface area contributed by atoms with E-state index >= 15 is 0 Å². The van der Waals surface area contributed by atoms with Crippen LogP contribution in [0.4, 0.5) is 31.1 Å². The number of amides is 3. The molecule has 0 fully saturated rings. The van der Waals surface area contributed by atoms with Gasteiger partial charge in [0.2, 0.25) is 6.41 Å². The Bertz CT molecular complexity index is 1140. The number of ether oxygens (including phenoxy) is 1. The molecule has 1 unspecified atom stereocenters. The van der Waals surface area contributed by atoms with Gasteiger partial charge in [-0.2, -0.15) is 26.3 Å². The van der Waals surface area contributed by atoms with Gasteiger partial charge in [-0.05, 0) is 68.4 Å². The zero-order chi connectivity index (χ0) is 31.7. The van der Waals surface area contributed by atoms with Crippen LogP contribution in [0.5, 0.6) is 5.75 Å². The average Bonchev–Trinajstić information content (AvgIpc) is 2.90. The van der Waals surface area contributed by atoms with Gasteiger partial charge in [0.15, 0.2) is 0 Å². The van der Waals surface area contributed by atoms with Crippen LogP contribution in [-0.4, -0.2) is 48.0 Å². The zero-order valence-electron chi connectivity index (χ0n) is 24.2. The van der Waals surface area contributed by atoms with E-state index in [1.54, 1.807) is 20.8 Å². The number of benzene rings is 2. The molecule has 6 nitrogen and oxygen atoms in total. The molecule has 0 bridgehead atoms. The molecule has 0 aliphatic rings. The van der Waals surface area contributed by atoms with E-state index in [1.807, 2.05) is 31.2 Å². The number of nitrogens with one attached hydrogen (secondary N) is 1. The van der Waals surface area contributed by atoms with Crippen LogP contribution in [0.2, 0.25) is 0 Å². The number of aryl methyl sites for hydroxylation is 3. The monoisotopic (exact) mass is 604 g/mol. The minimum atomic E-state index is -5.99. The summed E-state index contributed by atoms with van der Waals surface area (Å²) in [7, 11) is 0. The molecule has 0 radical (unpaired) electrons. The van der Waals surface area contributed by atoms with Gasteiger partial charge in [-0.15, -0.1) is 0 Å². The van der Waals surface area contributed by atoms with E-state index in [4.69, 9.17) is 4.74 Å². The predicted molar refractivity (Wildman–Crippen MR) is 146 cm³/mol. The lowest BCUT2D eigenvalue weighted by atomic mass is 9.87. The molecule has 3 amide bonds. The zero-order valence-corrected chi connectivity index (χ0v) is 24.2. The fraction of sp³-hybridized carbons (Fsp3) is 0.533. The van der Waals surface area contributed by atoms with Gasteiger partial charge in [-0.25, -0.2) is 4.79 Å². The molecule has 0 aliphatic carbocycles. The largest absolute Gasteiger partial charge is 0.493 e. The van der Waals surface area contributed by atoms with Crippen molar-refractivity contribution in [1.82, 2.24) is 10.2 Å². The molecule has 1 atom stereocenters. The first-order valence-electron chi connectivity index (χ1n) is 13.8. The molecular formula is C30H38F6N2O4. The molecule has 2 aromatic carbocycles. The summed E-state index contributed by atoms with van der Waals surface area (Å²) in [6.45, 7) is 7.28. The number of nitrogens with zero attached hydrogens (tertiary/aromatic N) is 1. The first-order valence-corrected chi connectivity index (χ1v) is 13.8. The summed E-state index contributed by atoms with van der Waals surface area (Å²) in [5.41, 5.74) is -4.13. The number of halogens is 6. The van der Waals surface area contributed by atoms with Gasteiger partial charge >= 0.3 is 18.4 Å². The highest BCUT2D eigenvalue weighted by molar-refractivity contribution is 5.84. The van der Waals surface area contributed by atoms with E-state index in [0.717, 1.165) is 16.0 Å². The van der Waals surface area contributed by atoms with Gasteiger partial charge in [0.25, 0.3) is 5.60 Å². The lowest BCUT2D eigenvalue weighted by Crippen LogP contribution is -2.54. The van der Waals surface area contributed by atoms with Crippen LogP contribution in [0.25, 0.3) is 0 Å². The van der Waals surface area contributed by atoms with E-state index in [0.29, 0.717) is 44.2 Å². The Labute approximate surface area is 242 Å². The average molecular weight is 605 g/mol. The van der Waals surface area contributed by atoms with Crippen LogP contribution < -0.4 is 10.1 Å². The highest BCUT2D eigenvalue weighted by atomic mass is 19.4. The Morgan fingerprint density at radius 1 is 0.976 bits per heavy atom. The van der Waals surface area contributed by atoms with E-state index in [2.05, 4.69) is 5.32 Å². The van der Waals surface area contributed by atoms with Crippen LogP contribution in [0, 0.1) is 6.92 Å². The van der Waals surface area contributed by atoms with Crippen molar-refractivity contribution in [3.63, 3.8) is 0 Å². The minimum Gasteiger partial charge on any atom is -0.493 e. The van der Waals surface area contributed by atoms with Crippen molar-refractivity contribution in [1.29, 1.82) is 0 Å². The summed E-state index contributed by atoms with van der Waals surface area (Å²) in [6, 6.07) is 8.09. The molecule has 0 aromatic heterocycles. The molecule has 0 saturated heterocycles. The van der Waals surface area contributed by atoms with Crippen molar-refractivity contribution in [2.24, 2.45) is 0 Å². The van der Waals surface area contributed by atoms with Gasteiger partial charge < -0.3 is 15.2 Å². The van der Waals surface area contributed by atoms with Crippen LogP contribution in [0.1, 0.15) is 80.3 Å². The number of carbonyl (C=O) groups is 2. The molecule has 42 heavy (non-hydrogen) atoms. The van der Waals surface area contributed by atoms with E-state index < -0.39 is 29.5 Å². The molecule has 2 aromatic rings. The number of rotatable bonds is 14. The molecule has 2 rings (SSSR count). The van der Waals surface area contributed by atoms with E-state index in [9.17, 15) is 41.0 Å². The SMILES string of the molecule is CCCc1cc(C(O)(C(F)(F)F)C(F)(F)F)cc(CCC)c1OCCCCN(C=O)C(=O)NC(C)c1ccc(C)cc1. The number of aliphatic hydroxyl groups is 1. The number of imide groups is 1. The molecule has 12 heteroatoms. The smallest absolute Gasteiger partial charge is 0.430 e. The summed E-state index contributed by atoms with van der Waals surface area (Å²) in [5, 5.41) is 12.7. The molecular weight excluding hydrogens is 566 g/mol. The van der Waals surface area contributed by atoms with Gasteiger partial charge in [-0.1, -0.05) is 56.5 Å². The molecule has 0 saturated carbocycles. The molecule has 2 N–H and O–H groups in total. The van der Waals surface area contributed by atoms with Crippen molar-refractivity contribution in [3.8, 4) is 5.75 Å². The second-order valence-corrected chi connectivity index (χ2v) is 10.3. The highest BCUT2D eigenvalue weighted by Crippen LogP contribution is 2.51. The summed E-state index contributed by atoms with van der Waals surface area (Å²) >= 11 is 0. The summed E-state index contributed by atoms with van der Waals surface area (Å²) < 4.78 is 87.3. The first-order chi connectivity index (χ1) is 19.6. The van der Waals surface area contributed by atoms with Crippen molar-refractivity contribution < 1.29 is 45.8 Å². The number of hydrogen-bond acceptors (Lipinski definition) is 4. The van der Waals surface area contributed by atoms with Crippen molar-refractivity contribution >= 4 is 12.4 Å². The Balaban J connectivity index is 2.13. The maximum atomic E-state index is 13.6. The van der Waals surface area contributed by atoms with Crippen LogP contribution in [0.3, 0.4) is 0 Å². The Hall–Kier alpha value is -3.28. The minimum absolute atomic E-state index is 0.0453. The number of unbranched alkanes of at least 4 members (excludes halogenated alkanes) is 1. The van der Waals surface area contributed by atoms with Crippen LogP contribution in [-0.2, 0) is 23.2 Å². The summed E-state index contributed by atoms with van der Waals surface area (Å²) in [4.78, 5) is 25.1. The normalized spacial score (nSPS) is 13.0. The number of alkyl halides is 6. The maximum Gasteiger partial charge on any atom is 0.430 e. The standard InChI is InChI=1S/C30H38F6N2O4/c1-5-9-23-17-25(28(41,29(31,32)33)30(34,35)36)18-24(10-6-2)26(23)42-16-8-7-15-38(19-39)27(40)37-21(4)22-13-11-20(3)12-14-22/h11-14,17-19,21,41H,5-10,15-16H2,1-4H3,(H,37,40). The summed E-state index contributed by atoms with van der Waals surface area (Å²) in [5.74, 6) is 0.186. The second kappa shape index (κ2) is 14.8. The van der Waals surface area contributed by atoms with Gasteiger partial charge in [0.1, 0.15) is 5.75 Å². The lowest BCUT2D eigenvalue weighted by molar-refractivity contribution is -0.376. The Morgan fingerprint density at radius 3 is 1.95 bits per heavy atom. The lowest BCUT2D eigenvalue weighted by Gasteiger charge is -2.33. The van der Waals surface area contributed by atoms with Gasteiger partial charge in [-0.3, -0.25) is 9.69 Å². The van der Waals surface area contributed by atoms with Crippen molar-refractivity contribution in [2.45, 2.75) is 90.2 Å². The third-order valence-corrected chi connectivity index (χ3v) is 6.86. The molecule has 0 heterocycles. The van der Waals surface area contributed by atoms with E-state index in [1.165, 1.54) is 0 Å². The van der Waals surface area contributed by atoms with Crippen LogP contribution in [0.15, 0.2) is 36.4 Å². The van der Waals surface area contributed by atoms with Crippen molar-refractivity contribution in [3.05, 3.63) is 64.2 Å². The maximum absolute atomic E-state index is 13.6. The third kappa shape index (κ3) is 8.39. The number of carbonyl (C=O) groups excluding carboxylic acids is 2. The van der Waals surface area contributed by atoms with E-state index in [-0.39, 0.29) is 48.9 Å². The quantitative estimate of drug-likeness (QED) is 0.135. The van der Waals surface area contributed by atoms with Crippen molar-refractivity contribution in [2.75, 3.05) is 13.2 Å². The fourth-order valence-electron chi connectivity index (χ4n) is 4.51. The Kier molecular flexibility index (Phi) is 12.3. The second-order valence-electron chi connectivity index (χ2n) is 10.3. The Morgan fingerprint density at radius 2 is 1.50 bits per heavy atom. The van der Waals surface area contributed by atoms with Gasteiger partial charge in [0, 0.05) is 12.1 Å². The highest BCUT2D eigenvalue weighted by Gasteiger charge is 2.71. The molecule has 234 valence electrons. The summed E-state index contributed by atoms with van der Waals surface area (Å²) in [6.07, 6.45) is -9.80. The fourth-order valence-corrected chi connectivity index (χ4v) is 4.51. The molecule has 0 aliphatic heterocycles. The topological polar surface area (TPSA) is 78.9 Å². The first kappa shape index (κ1) is 34.9. The van der Waals surface area contributed by atoms with Gasteiger partial charge in [0.05, 0.1) is 12.6 Å². The predicted octanol–water partition coefficient (Wildman–Crippen LogP) is 7.30. The number of hydrogen-bond donors (Lipinski definition) is 2. The molecule has 0 spiro atoms. The number of urea groups is 1.